The lowest BCUT2D eigenvalue weighted by Crippen LogP contribution is -2.18. The third kappa shape index (κ3) is 2.98. The van der Waals surface area contributed by atoms with Gasteiger partial charge in [0.2, 0.25) is 4.96 Å². The zero-order chi connectivity index (χ0) is 14.7. The van der Waals surface area contributed by atoms with Gasteiger partial charge in [-0.25, -0.2) is 0 Å². The summed E-state index contributed by atoms with van der Waals surface area (Å²) in [6.07, 6.45) is 1.49. The topological polar surface area (TPSA) is 69.4 Å². The summed E-state index contributed by atoms with van der Waals surface area (Å²) >= 11 is 1.42. The molecule has 1 atom stereocenters. The van der Waals surface area contributed by atoms with E-state index in [4.69, 9.17) is 4.74 Å². The molecule has 0 saturated carbocycles. The highest BCUT2D eigenvalue weighted by Crippen LogP contribution is 2.29. The van der Waals surface area contributed by atoms with E-state index in [0.29, 0.717) is 12.5 Å². The number of carbonyl (C=O) groups excluding carboxylic acids is 1. The van der Waals surface area contributed by atoms with Crippen molar-refractivity contribution in [2.75, 3.05) is 6.61 Å². The highest BCUT2D eigenvalue weighted by atomic mass is 32.1. The molecule has 0 N–H and O–H groups in total. The summed E-state index contributed by atoms with van der Waals surface area (Å²) in [4.78, 5) is 12.9. The van der Waals surface area contributed by atoms with Crippen LogP contribution in [0, 0.1) is 5.92 Å². The minimum absolute atomic E-state index is 0.204. The van der Waals surface area contributed by atoms with Crippen LogP contribution in [0.25, 0.3) is 4.96 Å². The molecule has 2 rings (SSSR count). The van der Waals surface area contributed by atoms with E-state index in [-0.39, 0.29) is 11.9 Å². The van der Waals surface area contributed by atoms with Gasteiger partial charge in [0.15, 0.2) is 5.82 Å². The number of fused-ring (bicyclic) bond motifs is 1. The van der Waals surface area contributed by atoms with Crippen molar-refractivity contribution in [2.45, 2.75) is 46.5 Å². The lowest BCUT2D eigenvalue weighted by atomic mass is 9.98. The average molecular weight is 296 g/mol. The van der Waals surface area contributed by atoms with Gasteiger partial charge in [0.1, 0.15) is 10.9 Å². The maximum Gasteiger partial charge on any atom is 0.315 e. The normalized spacial score (nSPS) is 13.1. The Kier molecular flexibility index (Phi) is 4.69. The largest absolute Gasteiger partial charge is 0.465 e. The molecule has 2 aromatic rings. The van der Waals surface area contributed by atoms with E-state index in [9.17, 15) is 4.79 Å². The Morgan fingerprint density at radius 3 is 2.70 bits per heavy atom. The summed E-state index contributed by atoms with van der Waals surface area (Å²) in [5.41, 5.74) is 0. The van der Waals surface area contributed by atoms with Crippen LogP contribution < -0.4 is 0 Å². The second-order valence-electron chi connectivity index (χ2n) is 5.04. The number of aryl methyl sites for hydroxylation is 1. The standard InChI is InChI=1S/C13H20N4O2S/c1-5-10-14-15-13-17(10)16-11(20-13)9(7-8(3)4)12(18)19-6-2/h8-9H,5-7H2,1-4H3. The predicted molar refractivity (Wildman–Crippen MR) is 76.9 cm³/mol. The molecule has 0 amide bonds. The van der Waals surface area contributed by atoms with Crippen LogP contribution in [-0.2, 0) is 16.0 Å². The number of hydrogen-bond acceptors (Lipinski definition) is 6. The Bertz CT molecular complexity index is 590. The van der Waals surface area contributed by atoms with Gasteiger partial charge in [-0.3, -0.25) is 4.79 Å². The molecule has 0 radical (unpaired) electrons. The molecule has 0 bridgehead atoms. The quantitative estimate of drug-likeness (QED) is 0.766. The van der Waals surface area contributed by atoms with Gasteiger partial charge in [-0.1, -0.05) is 32.1 Å². The number of hydrogen-bond donors (Lipinski definition) is 0. The van der Waals surface area contributed by atoms with Crippen LogP contribution in [0.5, 0.6) is 0 Å². The molecule has 0 saturated heterocycles. The molecular weight excluding hydrogens is 276 g/mol. The van der Waals surface area contributed by atoms with Gasteiger partial charge >= 0.3 is 5.97 Å². The maximum atomic E-state index is 12.1. The van der Waals surface area contributed by atoms with E-state index >= 15 is 0 Å². The van der Waals surface area contributed by atoms with Gasteiger partial charge < -0.3 is 4.74 Å². The summed E-state index contributed by atoms with van der Waals surface area (Å²) < 4.78 is 6.90. The number of nitrogens with zero attached hydrogens (tertiary/aromatic N) is 4. The van der Waals surface area contributed by atoms with Gasteiger partial charge in [-0.05, 0) is 19.3 Å². The van der Waals surface area contributed by atoms with Crippen LogP contribution in [0.2, 0.25) is 0 Å². The minimum atomic E-state index is -0.314. The molecule has 0 aliphatic rings. The van der Waals surface area contributed by atoms with Crippen LogP contribution in [0.15, 0.2) is 0 Å². The lowest BCUT2D eigenvalue weighted by Gasteiger charge is -2.14. The Hall–Kier alpha value is -1.50. The molecule has 0 aliphatic carbocycles. The monoisotopic (exact) mass is 296 g/mol. The Morgan fingerprint density at radius 2 is 2.10 bits per heavy atom. The Morgan fingerprint density at radius 1 is 1.35 bits per heavy atom. The van der Waals surface area contributed by atoms with Gasteiger partial charge in [0, 0.05) is 6.42 Å². The number of aromatic nitrogens is 4. The van der Waals surface area contributed by atoms with Crippen molar-refractivity contribution in [2.24, 2.45) is 5.92 Å². The van der Waals surface area contributed by atoms with E-state index in [1.807, 2.05) is 13.8 Å². The molecule has 0 aliphatic heterocycles. The first-order valence-corrected chi connectivity index (χ1v) is 7.76. The summed E-state index contributed by atoms with van der Waals surface area (Å²) in [5, 5.41) is 13.4. The third-order valence-corrected chi connectivity index (χ3v) is 3.98. The average Bonchev–Trinajstić information content (AvgIpc) is 2.95. The fourth-order valence-electron chi connectivity index (χ4n) is 2.05. The number of rotatable bonds is 6. The van der Waals surface area contributed by atoms with Crippen LogP contribution in [-0.4, -0.2) is 32.4 Å². The van der Waals surface area contributed by atoms with Gasteiger partial charge in [-0.2, -0.15) is 9.61 Å². The van der Waals surface area contributed by atoms with Crippen molar-refractivity contribution in [3.8, 4) is 0 Å². The van der Waals surface area contributed by atoms with Crippen molar-refractivity contribution < 1.29 is 9.53 Å². The van der Waals surface area contributed by atoms with Crippen molar-refractivity contribution in [1.82, 2.24) is 19.8 Å². The number of ether oxygens (including phenoxy) is 1. The molecule has 0 spiro atoms. The predicted octanol–water partition coefficient (Wildman–Crippen LogP) is 2.44. The molecule has 7 heteroatoms. The van der Waals surface area contributed by atoms with E-state index in [2.05, 4.69) is 29.1 Å². The van der Waals surface area contributed by atoms with Crippen LogP contribution in [0.1, 0.15) is 50.9 Å². The zero-order valence-corrected chi connectivity index (χ0v) is 13.1. The first-order chi connectivity index (χ1) is 9.56. The SMILES string of the molecule is CCOC(=O)C(CC(C)C)c1nn2c(CC)nnc2s1. The van der Waals surface area contributed by atoms with E-state index < -0.39 is 0 Å². The van der Waals surface area contributed by atoms with E-state index in [1.165, 1.54) is 11.3 Å². The molecule has 2 aromatic heterocycles. The fraction of sp³-hybridized carbons (Fsp3) is 0.692. The molecule has 6 nitrogen and oxygen atoms in total. The van der Waals surface area contributed by atoms with Gasteiger partial charge in [0.25, 0.3) is 0 Å². The molecule has 1 unspecified atom stereocenters. The Labute approximate surface area is 122 Å². The van der Waals surface area contributed by atoms with Crippen molar-refractivity contribution in [3.05, 3.63) is 10.8 Å². The molecule has 0 fully saturated rings. The summed E-state index contributed by atoms with van der Waals surface area (Å²) in [6.45, 7) is 8.39. The van der Waals surface area contributed by atoms with Crippen molar-refractivity contribution in [3.63, 3.8) is 0 Å². The zero-order valence-electron chi connectivity index (χ0n) is 12.3. The smallest absolute Gasteiger partial charge is 0.315 e. The number of esters is 1. The summed E-state index contributed by atoms with van der Waals surface area (Å²) in [5.74, 6) is 0.689. The molecular formula is C13H20N4O2S. The number of carbonyl (C=O) groups is 1. The summed E-state index contributed by atoms with van der Waals surface area (Å²) in [6, 6.07) is 0. The highest BCUT2D eigenvalue weighted by molar-refractivity contribution is 7.16. The van der Waals surface area contributed by atoms with E-state index in [1.54, 1.807) is 4.52 Å². The van der Waals surface area contributed by atoms with E-state index in [0.717, 1.165) is 28.6 Å². The second-order valence-corrected chi connectivity index (χ2v) is 6.03. The van der Waals surface area contributed by atoms with Crippen molar-refractivity contribution in [1.29, 1.82) is 0 Å². The maximum absolute atomic E-state index is 12.1. The first kappa shape index (κ1) is 14.9. The fourth-order valence-corrected chi connectivity index (χ4v) is 3.00. The first-order valence-electron chi connectivity index (χ1n) is 6.94. The lowest BCUT2D eigenvalue weighted by molar-refractivity contribution is -0.145. The van der Waals surface area contributed by atoms with Crippen molar-refractivity contribution >= 4 is 22.3 Å². The van der Waals surface area contributed by atoms with Crippen LogP contribution in [0.3, 0.4) is 0 Å². The highest BCUT2D eigenvalue weighted by Gasteiger charge is 2.27. The van der Waals surface area contributed by atoms with Gasteiger partial charge in [0.05, 0.1) is 6.61 Å². The molecule has 20 heavy (non-hydrogen) atoms. The van der Waals surface area contributed by atoms with Crippen LogP contribution >= 0.6 is 11.3 Å². The third-order valence-electron chi connectivity index (χ3n) is 2.96. The minimum Gasteiger partial charge on any atom is -0.465 e. The second kappa shape index (κ2) is 6.30. The summed E-state index contributed by atoms with van der Waals surface area (Å²) in [7, 11) is 0. The van der Waals surface area contributed by atoms with Crippen LogP contribution in [0.4, 0.5) is 0 Å². The Balaban J connectivity index is 2.34. The molecule has 2 heterocycles. The molecule has 0 aromatic carbocycles. The molecule has 110 valence electrons. The van der Waals surface area contributed by atoms with Gasteiger partial charge in [-0.15, -0.1) is 10.2 Å².